The van der Waals surface area contributed by atoms with E-state index in [2.05, 4.69) is 4.18 Å². The van der Waals surface area contributed by atoms with Crippen molar-refractivity contribution >= 4 is 10.1 Å². The molecule has 4 nitrogen and oxygen atoms in total. The second-order valence-corrected chi connectivity index (χ2v) is 2.91. The highest BCUT2D eigenvalue weighted by atomic mass is 32.2. The predicted octanol–water partition coefficient (Wildman–Crippen LogP) is -0.782. The Morgan fingerprint density at radius 2 is 2.12 bits per heavy atom. The zero-order chi connectivity index (χ0) is 6.20. The fraction of sp³-hybridized carbons (Fsp3) is 0.667. The first kappa shape index (κ1) is 6.00. The van der Waals surface area contributed by atoms with Gasteiger partial charge in [-0.05, 0) is 0 Å². The van der Waals surface area contributed by atoms with E-state index in [-0.39, 0.29) is 18.5 Å². The van der Waals surface area contributed by atoms with Gasteiger partial charge in [-0.1, -0.05) is 0 Å². The highest BCUT2D eigenvalue weighted by molar-refractivity contribution is 7.95. The summed E-state index contributed by atoms with van der Waals surface area (Å²) < 4.78 is 24.3. The molecule has 1 saturated heterocycles. The van der Waals surface area contributed by atoms with Gasteiger partial charge in [0.25, 0.3) is 5.44 Å². The lowest BCUT2D eigenvalue weighted by Gasteiger charge is -1.75. The minimum atomic E-state index is -3.26. The normalized spacial score (nSPS) is 25.6. The molecule has 0 amide bonds. The van der Waals surface area contributed by atoms with E-state index in [0.29, 0.717) is 0 Å². The molecule has 5 heteroatoms. The maximum Gasteiger partial charge on any atom is 0.305 e. The molecule has 1 aliphatic heterocycles. The summed E-state index contributed by atoms with van der Waals surface area (Å²) in [6, 6.07) is 0. The monoisotopic (exact) mass is 137 g/mol. The summed E-state index contributed by atoms with van der Waals surface area (Å²) in [6.45, 7) is -0.172. The van der Waals surface area contributed by atoms with Crippen LogP contribution in [-0.2, 0) is 14.3 Å². The van der Waals surface area contributed by atoms with Gasteiger partial charge in [-0.15, -0.1) is 0 Å². The average Bonchev–Trinajstić information content (AvgIpc) is 2.15. The van der Waals surface area contributed by atoms with Crippen LogP contribution >= 0.6 is 0 Å². The van der Waals surface area contributed by atoms with E-state index in [1.165, 1.54) is 0 Å². The number of aliphatic hydroxyl groups is 1. The summed E-state index contributed by atoms with van der Waals surface area (Å²) in [5.41, 5.74) is 0.000000000000000444. The van der Waals surface area contributed by atoms with Crippen molar-refractivity contribution in [3.63, 3.8) is 0 Å². The standard InChI is InChI=1S/C3H5O4S/c4-2-1-3-7-8(3,5)6/h4H,1-2H2. The van der Waals surface area contributed by atoms with Gasteiger partial charge in [-0.2, -0.15) is 8.42 Å². The molecule has 1 rings (SSSR count). The van der Waals surface area contributed by atoms with Gasteiger partial charge < -0.3 is 5.11 Å². The van der Waals surface area contributed by atoms with Gasteiger partial charge in [0.1, 0.15) is 0 Å². The summed E-state index contributed by atoms with van der Waals surface area (Å²) in [4.78, 5) is 0. The minimum absolute atomic E-state index is 0.000000000000000444. The fourth-order valence-corrected chi connectivity index (χ4v) is 1.17. The Bertz CT molecular complexity index is 170. The number of rotatable bonds is 2. The summed E-state index contributed by atoms with van der Waals surface area (Å²) in [6.07, 6.45) is 0.113. The lowest BCUT2D eigenvalue weighted by atomic mass is 10.5. The lowest BCUT2D eigenvalue weighted by Crippen LogP contribution is -1.83. The van der Waals surface area contributed by atoms with Crippen molar-refractivity contribution in [2.24, 2.45) is 0 Å². The first-order chi connectivity index (χ1) is 3.67. The molecule has 0 saturated carbocycles. The average molecular weight is 137 g/mol. The molecule has 1 aliphatic rings. The number of hydrogen-bond acceptors (Lipinski definition) is 4. The van der Waals surface area contributed by atoms with Crippen LogP contribution in [0.4, 0.5) is 0 Å². The van der Waals surface area contributed by atoms with Crippen LogP contribution in [0.3, 0.4) is 0 Å². The summed E-state index contributed by atoms with van der Waals surface area (Å²) in [7, 11) is -3.26. The molecule has 0 aromatic rings. The van der Waals surface area contributed by atoms with E-state index in [4.69, 9.17) is 5.11 Å². The molecule has 0 spiro atoms. The van der Waals surface area contributed by atoms with Crippen LogP contribution in [0.1, 0.15) is 6.42 Å². The Balaban J connectivity index is 2.38. The molecule has 0 atom stereocenters. The van der Waals surface area contributed by atoms with E-state index in [1.807, 2.05) is 0 Å². The van der Waals surface area contributed by atoms with Crippen LogP contribution in [0.15, 0.2) is 0 Å². The first-order valence-electron chi connectivity index (χ1n) is 2.08. The molecular formula is C3H5O4S. The molecule has 8 heavy (non-hydrogen) atoms. The van der Waals surface area contributed by atoms with E-state index >= 15 is 0 Å². The highest BCUT2D eigenvalue weighted by Crippen LogP contribution is 2.35. The molecule has 1 radical (unpaired) electrons. The maximum atomic E-state index is 10.1. The zero-order valence-electron chi connectivity index (χ0n) is 3.99. The summed E-state index contributed by atoms with van der Waals surface area (Å²) in [5, 5.41) is 8.14. The SMILES string of the molecule is O=S1(=O)O[C]1CCO. The molecule has 47 valence electrons. The Hall–Kier alpha value is -0.130. The number of aliphatic hydroxyl groups excluding tert-OH is 1. The molecule has 1 heterocycles. The molecule has 0 aromatic heterocycles. The van der Waals surface area contributed by atoms with E-state index < -0.39 is 10.1 Å². The molecular weight excluding hydrogens is 132 g/mol. The topological polar surface area (TPSA) is 66.9 Å². The van der Waals surface area contributed by atoms with Crippen molar-refractivity contribution in [2.45, 2.75) is 6.42 Å². The third-order valence-electron chi connectivity index (χ3n) is 0.771. The van der Waals surface area contributed by atoms with Gasteiger partial charge in [-0.3, -0.25) is 0 Å². The molecule has 1 fully saturated rings. The largest absolute Gasteiger partial charge is 0.396 e. The Labute approximate surface area is 47.2 Å². The first-order valence-corrected chi connectivity index (χ1v) is 3.49. The second-order valence-electron chi connectivity index (χ2n) is 1.38. The van der Waals surface area contributed by atoms with Gasteiger partial charge in [0, 0.05) is 13.0 Å². The molecule has 0 aromatic carbocycles. The summed E-state index contributed by atoms with van der Waals surface area (Å²) in [5.74, 6) is 0. The van der Waals surface area contributed by atoms with Crippen molar-refractivity contribution < 1.29 is 17.7 Å². The smallest absolute Gasteiger partial charge is 0.305 e. The zero-order valence-corrected chi connectivity index (χ0v) is 4.81. The third-order valence-corrected chi connectivity index (χ3v) is 1.89. The quantitative estimate of drug-likeness (QED) is 0.507. The van der Waals surface area contributed by atoms with E-state index in [0.717, 1.165) is 0 Å². The van der Waals surface area contributed by atoms with Crippen LogP contribution in [0.2, 0.25) is 0 Å². The van der Waals surface area contributed by atoms with Crippen molar-refractivity contribution in [1.82, 2.24) is 0 Å². The van der Waals surface area contributed by atoms with Crippen LogP contribution < -0.4 is 0 Å². The van der Waals surface area contributed by atoms with E-state index in [9.17, 15) is 8.42 Å². The Morgan fingerprint density at radius 1 is 1.62 bits per heavy atom. The molecule has 0 unspecified atom stereocenters. The molecule has 0 aliphatic carbocycles. The van der Waals surface area contributed by atoms with Gasteiger partial charge in [0.05, 0.1) is 0 Å². The van der Waals surface area contributed by atoms with Crippen molar-refractivity contribution in [2.75, 3.05) is 6.61 Å². The fourth-order valence-electron chi connectivity index (χ4n) is 0.363. The third kappa shape index (κ3) is 0.988. The lowest BCUT2D eigenvalue weighted by molar-refractivity contribution is 0.285. The van der Waals surface area contributed by atoms with Gasteiger partial charge in [0.2, 0.25) is 0 Å². The predicted molar refractivity (Wildman–Crippen MR) is 25.0 cm³/mol. The van der Waals surface area contributed by atoms with Crippen LogP contribution in [-0.4, -0.2) is 20.1 Å². The van der Waals surface area contributed by atoms with Gasteiger partial charge >= 0.3 is 10.1 Å². The van der Waals surface area contributed by atoms with Crippen molar-refractivity contribution in [3.05, 3.63) is 5.44 Å². The highest BCUT2D eigenvalue weighted by Gasteiger charge is 2.47. The van der Waals surface area contributed by atoms with Crippen LogP contribution in [0.5, 0.6) is 0 Å². The maximum absolute atomic E-state index is 10.1. The molecule has 1 N–H and O–H groups in total. The minimum Gasteiger partial charge on any atom is -0.396 e. The second kappa shape index (κ2) is 1.68. The van der Waals surface area contributed by atoms with Gasteiger partial charge in [0.15, 0.2) is 0 Å². The summed E-state index contributed by atoms with van der Waals surface area (Å²) >= 11 is 0. The van der Waals surface area contributed by atoms with Crippen molar-refractivity contribution in [3.8, 4) is 0 Å². The molecule has 0 bridgehead atoms. The Kier molecular flexibility index (Phi) is 1.26. The number of hydrogen-bond donors (Lipinski definition) is 1. The Morgan fingerprint density at radius 3 is 2.25 bits per heavy atom. The van der Waals surface area contributed by atoms with Crippen LogP contribution in [0.25, 0.3) is 0 Å². The van der Waals surface area contributed by atoms with Gasteiger partial charge in [-0.25, -0.2) is 4.18 Å². The van der Waals surface area contributed by atoms with Crippen LogP contribution in [0, 0.1) is 5.44 Å². The van der Waals surface area contributed by atoms with Crippen molar-refractivity contribution in [1.29, 1.82) is 0 Å². The van der Waals surface area contributed by atoms with E-state index in [1.54, 1.807) is 0 Å².